The first kappa shape index (κ1) is 13.5. The molecule has 1 unspecified atom stereocenters. The highest BCUT2D eigenvalue weighted by Gasteiger charge is 2.13. The van der Waals surface area contributed by atoms with Gasteiger partial charge < -0.3 is 0 Å². The Labute approximate surface area is 123 Å². The second-order valence-corrected chi connectivity index (χ2v) is 5.33. The summed E-state index contributed by atoms with van der Waals surface area (Å²) in [6.45, 7) is 5.87. The Hall–Kier alpha value is -2.49. The molecule has 0 saturated heterocycles. The first-order valence-electron chi connectivity index (χ1n) is 6.97. The van der Waals surface area contributed by atoms with Crippen molar-refractivity contribution in [2.24, 2.45) is 0 Å². The normalized spacial score (nSPS) is 12.5. The number of hydrogen-bond donors (Lipinski definition) is 0. The fourth-order valence-electron chi connectivity index (χ4n) is 2.51. The average Bonchev–Trinajstić information content (AvgIpc) is 2.48. The summed E-state index contributed by atoms with van der Waals surface area (Å²) >= 11 is 0. The van der Waals surface area contributed by atoms with Gasteiger partial charge in [0.05, 0.1) is 23.3 Å². The van der Waals surface area contributed by atoms with Crippen LogP contribution in [-0.2, 0) is 0 Å². The fraction of sp³-hybridized carbons (Fsp3) is 0.235. The van der Waals surface area contributed by atoms with Gasteiger partial charge in [-0.05, 0) is 44.0 Å². The summed E-state index contributed by atoms with van der Waals surface area (Å²) < 4.78 is 1.67. The third-order valence-electron chi connectivity index (χ3n) is 3.85. The molecule has 0 radical (unpaired) electrons. The van der Waals surface area contributed by atoms with E-state index >= 15 is 0 Å². The monoisotopic (exact) mass is 279 g/mol. The Bertz CT molecular complexity index is 850. The van der Waals surface area contributed by atoms with E-state index in [0.29, 0.717) is 5.39 Å². The van der Waals surface area contributed by atoms with Gasteiger partial charge in [-0.25, -0.2) is 4.98 Å². The second kappa shape index (κ2) is 5.13. The van der Waals surface area contributed by atoms with E-state index in [2.05, 4.69) is 9.97 Å². The van der Waals surface area contributed by atoms with E-state index in [4.69, 9.17) is 0 Å². The second-order valence-electron chi connectivity index (χ2n) is 5.33. The molecule has 2 aromatic heterocycles. The van der Waals surface area contributed by atoms with Crippen molar-refractivity contribution in [1.29, 1.82) is 0 Å². The lowest BCUT2D eigenvalue weighted by Gasteiger charge is -2.16. The third kappa shape index (κ3) is 2.33. The van der Waals surface area contributed by atoms with E-state index in [1.54, 1.807) is 10.9 Å². The highest BCUT2D eigenvalue weighted by molar-refractivity contribution is 5.80. The van der Waals surface area contributed by atoms with Crippen molar-refractivity contribution in [2.75, 3.05) is 0 Å². The number of pyridine rings is 1. The molecule has 0 N–H and O–H groups in total. The van der Waals surface area contributed by atoms with Gasteiger partial charge in [-0.3, -0.25) is 14.3 Å². The van der Waals surface area contributed by atoms with Gasteiger partial charge in [0, 0.05) is 11.9 Å². The van der Waals surface area contributed by atoms with Crippen molar-refractivity contribution in [1.82, 2.24) is 14.5 Å². The van der Waals surface area contributed by atoms with E-state index < -0.39 is 0 Å². The standard InChI is InChI=1S/C17H17N3O/c1-11-5-4-6-15-16(11)17(21)20(10-19-15)13(3)14-8-7-12(2)18-9-14/h4-10,13H,1-3H3. The molecule has 0 aliphatic carbocycles. The molecule has 2 heterocycles. The zero-order chi connectivity index (χ0) is 15.0. The highest BCUT2D eigenvalue weighted by Crippen LogP contribution is 2.17. The zero-order valence-corrected chi connectivity index (χ0v) is 12.4. The summed E-state index contributed by atoms with van der Waals surface area (Å²) in [6, 6.07) is 9.59. The first-order valence-corrected chi connectivity index (χ1v) is 6.97. The summed E-state index contributed by atoms with van der Waals surface area (Å²) in [5, 5.41) is 0.687. The molecule has 0 aliphatic heterocycles. The molecular weight excluding hydrogens is 262 g/mol. The summed E-state index contributed by atoms with van der Waals surface area (Å²) in [6.07, 6.45) is 3.43. The molecular formula is C17H17N3O. The molecule has 106 valence electrons. The van der Waals surface area contributed by atoms with E-state index in [1.165, 1.54) is 0 Å². The molecule has 0 bridgehead atoms. The van der Waals surface area contributed by atoms with Crippen molar-refractivity contribution in [2.45, 2.75) is 26.8 Å². The average molecular weight is 279 g/mol. The lowest BCUT2D eigenvalue weighted by atomic mass is 10.1. The number of fused-ring (bicyclic) bond motifs is 1. The molecule has 4 nitrogen and oxygen atoms in total. The van der Waals surface area contributed by atoms with Crippen LogP contribution in [0.1, 0.15) is 29.8 Å². The van der Waals surface area contributed by atoms with Gasteiger partial charge >= 0.3 is 0 Å². The smallest absolute Gasteiger partial charge is 0.262 e. The number of aromatic nitrogens is 3. The molecule has 21 heavy (non-hydrogen) atoms. The molecule has 0 amide bonds. The van der Waals surface area contributed by atoms with Crippen LogP contribution in [0.4, 0.5) is 0 Å². The largest absolute Gasteiger partial charge is 0.291 e. The number of rotatable bonds is 2. The van der Waals surface area contributed by atoms with E-state index in [9.17, 15) is 4.79 Å². The van der Waals surface area contributed by atoms with Crippen LogP contribution in [-0.4, -0.2) is 14.5 Å². The van der Waals surface area contributed by atoms with Gasteiger partial charge in [0.25, 0.3) is 5.56 Å². The first-order chi connectivity index (χ1) is 10.1. The van der Waals surface area contributed by atoms with Crippen LogP contribution in [0.15, 0.2) is 47.7 Å². The zero-order valence-electron chi connectivity index (χ0n) is 12.4. The van der Waals surface area contributed by atoms with Crippen LogP contribution in [0.25, 0.3) is 10.9 Å². The van der Waals surface area contributed by atoms with E-state index in [0.717, 1.165) is 22.3 Å². The number of nitrogens with zero attached hydrogens (tertiary/aromatic N) is 3. The maximum atomic E-state index is 12.7. The van der Waals surface area contributed by atoms with Crippen molar-refractivity contribution >= 4 is 10.9 Å². The molecule has 4 heteroatoms. The van der Waals surface area contributed by atoms with Crippen molar-refractivity contribution in [3.8, 4) is 0 Å². The predicted octanol–water partition coefficient (Wildman–Crippen LogP) is 3.02. The molecule has 3 rings (SSSR count). The van der Waals surface area contributed by atoms with Gasteiger partial charge in [-0.1, -0.05) is 18.2 Å². The van der Waals surface area contributed by atoms with Crippen LogP contribution >= 0.6 is 0 Å². The lowest BCUT2D eigenvalue weighted by molar-refractivity contribution is 0.606. The van der Waals surface area contributed by atoms with Gasteiger partial charge in [0.15, 0.2) is 0 Å². The van der Waals surface area contributed by atoms with Crippen LogP contribution in [0.5, 0.6) is 0 Å². The molecule has 0 spiro atoms. The number of benzene rings is 1. The molecule has 3 aromatic rings. The van der Waals surface area contributed by atoms with Gasteiger partial charge in [0.1, 0.15) is 0 Å². The van der Waals surface area contributed by atoms with Crippen LogP contribution < -0.4 is 5.56 Å². The van der Waals surface area contributed by atoms with Crippen molar-refractivity contribution in [3.63, 3.8) is 0 Å². The van der Waals surface area contributed by atoms with Crippen molar-refractivity contribution < 1.29 is 0 Å². The van der Waals surface area contributed by atoms with Crippen LogP contribution in [0, 0.1) is 13.8 Å². The van der Waals surface area contributed by atoms with Gasteiger partial charge in [-0.2, -0.15) is 0 Å². The van der Waals surface area contributed by atoms with E-state index in [1.807, 2.05) is 57.3 Å². The van der Waals surface area contributed by atoms with Gasteiger partial charge in [-0.15, -0.1) is 0 Å². The topological polar surface area (TPSA) is 47.8 Å². The molecule has 0 fully saturated rings. The van der Waals surface area contributed by atoms with Crippen LogP contribution in [0.2, 0.25) is 0 Å². The Morgan fingerprint density at radius 3 is 2.62 bits per heavy atom. The van der Waals surface area contributed by atoms with Gasteiger partial charge in [0.2, 0.25) is 0 Å². The Morgan fingerprint density at radius 2 is 1.90 bits per heavy atom. The minimum atomic E-state index is -0.0953. The molecule has 0 aliphatic rings. The number of aryl methyl sites for hydroxylation is 2. The van der Waals surface area contributed by atoms with Crippen molar-refractivity contribution in [3.05, 3.63) is 70.0 Å². The minimum Gasteiger partial charge on any atom is -0.291 e. The summed E-state index contributed by atoms with van der Waals surface area (Å²) in [5.41, 5.74) is 3.65. The summed E-state index contributed by atoms with van der Waals surface area (Å²) in [5.74, 6) is 0. The predicted molar refractivity (Wildman–Crippen MR) is 83.5 cm³/mol. The fourth-order valence-corrected chi connectivity index (χ4v) is 2.51. The molecule has 1 atom stereocenters. The molecule has 0 saturated carbocycles. The Morgan fingerprint density at radius 1 is 1.10 bits per heavy atom. The SMILES string of the molecule is Cc1ccc(C(C)n2cnc3cccc(C)c3c2=O)cn1. The molecule has 1 aromatic carbocycles. The minimum absolute atomic E-state index is 0.00817. The van der Waals surface area contributed by atoms with E-state index in [-0.39, 0.29) is 11.6 Å². The maximum Gasteiger partial charge on any atom is 0.262 e. The quantitative estimate of drug-likeness (QED) is 0.724. The summed E-state index contributed by atoms with van der Waals surface area (Å²) in [7, 11) is 0. The van der Waals surface area contributed by atoms with Crippen LogP contribution in [0.3, 0.4) is 0 Å². The number of hydrogen-bond acceptors (Lipinski definition) is 3. The summed E-state index contributed by atoms with van der Waals surface area (Å²) in [4.78, 5) is 21.4. The Kier molecular flexibility index (Phi) is 3.29. The lowest BCUT2D eigenvalue weighted by Crippen LogP contribution is -2.25. The Balaban J connectivity index is 2.17. The third-order valence-corrected chi connectivity index (χ3v) is 3.85. The highest BCUT2D eigenvalue weighted by atomic mass is 16.1. The maximum absolute atomic E-state index is 12.7.